The molecule has 1 aliphatic rings. The molecule has 3 nitrogen and oxygen atoms in total. The molecule has 17 heavy (non-hydrogen) atoms. The van der Waals surface area contributed by atoms with E-state index in [0.29, 0.717) is 0 Å². The van der Waals surface area contributed by atoms with Crippen molar-refractivity contribution in [2.45, 2.75) is 25.2 Å². The number of rotatable bonds is 3. The Bertz CT molecular complexity index is 384. The molecule has 0 aromatic heterocycles. The van der Waals surface area contributed by atoms with Crippen LogP contribution in [0.4, 0.5) is 0 Å². The van der Waals surface area contributed by atoms with E-state index in [1.807, 2.05) is 12.1 Å². The zero-order valence-electron chi connectivity index (χ0n) is 10.9. The smallest absolute Gasteiger partial charge is 0.126 e. The molecule has 1 aromatic carbocycles. The van der Waals surface area contributed by atoms with Crippen LogP contribution in [0, 0.1) is 0 Å². The van der Waals surface area contributed by atoms with Crippen molar-refractivity contribution >= 4 is 0 Å². The highest BCUT2D eigenvalue weighted by Crippen LogP contribution is 2.38. The van der Waals surface area contributed by atoms with Crippen LogP contribution in [0.5, 0.6) is 11.5 Å². The molecule has 1 aromatic rings. The third-order valence-corrected chi connectivity index (χ3v) is 3.66. The van der Waals surface area contributed by atoms with Gasteiger partial charge in [0.15, 0.2) is 0 Å². The zero-order chi connectivity index (χ0) is 12.3. The minimum absolute atomic E-state index is 0.163. The Morgan fingerprint density at radius 3 is 2.65 bits per heavy atom. The fourth-order valence-electron chi connectivity index (χ4n) is 2.58. The van der Waals surface area contributed by atoms with E-state index in [1.54, 1.807) is 14.2 Å². The van der Waals surface area contributed by atoms with Crippen molar-refractivity contribution in [2.24, 2.45) is 0 Å². The molecule has 0 bridgehead atoms. The third-order valence-electron chi connectivity index (χ3n) is 3.66. The molecule has 0 spiro atoms. The normalized spacial score (nSPS) is 24.4. The lowest BCUT2D eigenvalue weighted by atomic mass is 9.76. The topological polar surface area (TPSA) is 30.5 Å². The van der Waals surface area contributed by atoms with E-state index < -0.39 is 0 Å². The molecule has 1 N–H and O–H groups in total. The monoisotopic (exact) mass is 235 g/mol. The molecule has 1 fully saturated rings. The molecule has 0 aliphatic carbocycles. The molecule has 0 amide bonds. The summed E-state index contributed by atoms with van der Waals surface area (Å²) in [7, 11) is 3.40. The summed E-state index contributed by atoms with van der Waals surface area (Å²) in [6.45, 7) is 4.42. The molecule has 1 saturated heterocycles. The van der Waals surface area contributed by atoms with E-state index in [0.717, 1.165) is 24.6 Å². The molecule has 0 radical (unpaired) electrons. The van der Waals surface area contributed by atoms with Gasteiger partial charge in [-0.15, -0.1) is 0 Å². The van der Waals surface area contributed by atoms with Crippen LogP contribution in [0.25, 0.3) is 0 Å². The van der Waals surface area contributed by atoms with Gasteiger partial charge in [0, 0.05) is 23.6 Å². The Kier molecular flexibility index (Phi) is 3.57. The summed E-state index contributed by atoms with van der Waals surface area (Å²) in [5.41, 5.74) is 1.43. The quantitative estimate of drug-likeness (QED) is 0.872. The van der Waals surface area contributed by atoms with Gasteiger partial charge in [-0.2, -0.15) is 0 Å². The molecular weight excluding hydrogens is 214 g/mol. The lowest BCUT2D eigenvalue weighted by molar-refractivity contribution is 0.319. The molecule has 2 rings (SSSR count). The van der Waals surface area contributed by atoms with Crippen LogP contribution < -0.4 is 14.8 Å². The van der Waals surface area contributed by atoms with Gasteiger partial charge in [0.2, 0.25) is 0 Å². The van der Waals surface area contributed by atoms with Gasteiger partial charge in [0.1, 0.15) is 11.5 Å². The van der Waals surface area contributed by atoms with E-state index >= 15 is 0 Å². The number of nitrogens with one attached hydrogen (secondary N) is 1. The van der Waals surface area contributed by atoms with Crippen LogP contribution in [0.2, 0.25) is 0 Å². The third kappa shape index (κ3) is 2.39. The molecule has 1 heterocycles. The summed E-state index contributed by atoms with van der Waals surface area (Å²) in [5, 5.41) is 3.47. The molecule has 1 atom stereocenters. The van der Waals surface area contributed by atoms with E-state index in [4.69, 9.17) is 9.47 Å². The van der Waals surface area contributed by atoms with Crippen LogP contribution in [-0.2, 0) is 5.41 Å². The van der Waals surface area contributed by atoms with Gasteiger partial charge in [-0.1, -0.05) is 13.0 Å². The summed E-state index contributed by atoms with van der Waals surface area (Å²) >= 11 is 0. The zero-order valence-corrected chi connectivity index (χ0v) is 10.9. The second-order valence-corrected chi connectivity index (χ2v) is 4.91. The van der Waals surface area contributed by atoms with Gasteiger partial charge >= 0.3 is 0 Å². The summed E-state index contributed by atoms with van der Waals surface area (Å²) in [6, 6.07) is 6.11. The van der Waals surface area contributed by atoms with Crippen LogP contribution >= 0.6 is 0 Å². The summed E-state index contributed by atoms with van der Waals surface area (Å²) < 4.78 is 10.7. The Morgan fingerprint density at radius 1 is 1.24 bits per heavy atom. The molecule has 3 heteroatoms. The van der Waals surface area contributed by atoms with Gasteiger partial charge in [0.25, 0.3) is 0 Å². The second-order valence-electron chi connectivity index (χ2n) is 4.91. The second kappa shape index (κ2) is 4.96. The maximum Gasteiger partial charge on any atom is 0.126 e. The van der Waals surface area contributed by atoms with Crippen molar-refractivity contribution < 1.29 is 9.47 Å². The summed E-state index contributed by atoms with van der Waals surface area (Å²) in [6.07, 6.45) is 2.41. The predicted octanol–water partition coefficient (Wildman–Crippen LogP) is 2.34. The molecule has 1 unspecified atom stereocenters. The highest BCUT2D eigenvalue weighted by atomic mass is 16.5. The highest BCUT2D eigenvalue weighted by Gasteiger charge is 2.31. The molecule has 0 saturated carbocycles. The van der Waals surface area contributed by atoms with E-state index in [-0.39, 0.29) is 5.41 Å². The molecule has 1 aliphatic heterocycles. The Hall–Kier alpha value is -1.22. The minimum Gasteiger partial charge on any atom is -0.497 e. The lowest BCUT2D eigenvalue weighted by Gasteiger charge is -2.35. The fourth-order valence-corrected chi connectivity index (χ4v) is 2.58. The van der Waals surface area contributed by atoms with Crippen molar-refractivity contribution in [1.29, 1.82) is 0 Å². The maximum absolute atomic E-state index is 5.50. The highest BCUT2D eigenvalue weighted by molar-refractivity contribution is 5.45. The number of hydrogen-bond acceptors (Lipinski definition) is 3. The first kappa shape index (κ1) is 12.2. The van der Waals surface area contributed by atoms with Gasteiger partial charge in [-0.05, 0) is 25.5 Å². The summed E-state index contributed by atoms with van der Waals surface area (Å²) in [5.74, 6) is 1.77. The number of methoxy groups -OCH3 is 2. The molecule has 94 valence electrons. The number of hydrogen-bond donors (Lipinski definition) is 1. The first-order chi connectivity index (χ1) is 8.19. The van der Waals surface area contributed by atoms with E-state index in [9.17, 15) is 0 Å². The van der Waals surface area contributed by atoms with Crippen molar-refractivity contribution in [3.05, 3.63) is 23.8 Å². The Labute approximate surface area is 103 Å². The van der Waals surface area contributed by atoms with Crippen molar-refractivity contribution in [1.82, 2.24) is 5.32 Å². The maximum atomic E-state index is 5.50. The lowest BCUT2D eigenvalue weighted by Crippen LogP contribution is -2.41. The number of ether oxygens (including phenoxy) is 2. The average molecular weight is 235 g/mol. The van der Waals surface area contributed by atoms with Crippen LogP contribution in [-0.4, -0.2) is 27.3 Å². The van der Waals surface area contributed by atoms with Gasteiger partial charge < -0.3 is 14.8 Å². The number of piperidine rings is 1. The predicted molar refractivity (Wildman–Crippen MR) is 69.0 cm³/mol. The van der Waals surface area contributed by atoms with Gasteiger partial charge in [-0.25, -0.2) is 0 Å². The largest absolute Gasteiger partial charge is 0.497 e. The van der Waals surface area contributed by atoms with Crippen molar-refractivity contribution in [2.75, 3.05) is 27.3 Å². The summed E-state index contributed by atoms with van der Waals surface area (Å²) in [4.78, 5) is 0. The van der Waals surface area contributed by atoms with Crippen LogP contribution in [0.3, 0.4) is 0 Å². The standard InChI is InChI=1S/C14H21NO2/c1-14(7-4-8-15-10-14)12-6-5-11(16-2)9-13(12)17-3/h5-6,9,15H,4,7-8,10H2,1-3H3. The Morgan fingerprint density at radius 2 is 2.06 bits per heavy atom. The van der Waals surface area contributed by atoms with Crippen molar-refractivity contribution in [3.8, 4) is 11.5 Å². The fraction of sp³-hybridized carbons (Fsp3) is 0.571. The van der Waals surface area contributed by atoms with Crippen LogP contribution in [0.15, 0.2) is 18.2 Å². The first-order valence-electron chi connectivity index (χ1n) is 6.13. The Balaban J connectivity index is 2.36. The van der Waals surface area contributed by atoms with E-state index in [2.05, 4.69) is 18.3 Å². The SMILES string of the molecule is COc1ccc(C2(C)CCCNC2)c(OC)c1. The average Bonchev–Trinajstić information content (AvgIpc) is 2.38. The van der Waals surface area contributed by atoms with Gasteiger partial charge in [0.05, 0.1) is 14.2 Å². The van der Waals surface area contributed by atoms with Crippen molar-refractivity contribution in [3.63, 3.8) is 0 Å². The van der Waals surface area contributed by atoms with Crippen LogP contribution in [0.1, 0.15) is 25.3 Å². The molecular formula is C14H21NO2. The number of benzene rings is 1. The minimum atomic E-state index is 0.163. The first-order valence-corrected chi connectivity index (χ1v) is 6.13. The van der Waals surface area contributed by atoms with Gasteiger partial charge in [-0.3, -0.25) is 0 Å². The van der Waals surface area contributed by atoms with E-state index in [1.165, 1.54) is 18.4 Å².